The average molecular weight is 477 g/mol. The van der Waals surface area contributed by atoms with Gasteiger partial charge in [0.25, 0.3) is 0 Å². The predicted octanol–water partition coefficient (Wildman–Crippen LogP) is 7.85. The fourth-order valence-electron chi connectivity index (χ4n) is 3.16. The summed E-state index contributed by atoms with van der Waals surface area (Å²) in [7, 11) is 0. The molecule has 0 aliphatic rings. The molecular weight excluding hydrogens is 461 g/mol. The summed E-state index contributed by atoms with van der Waals surface area (Å²) < 4.78 is 48.5. The molecule has 0 amide bonds. The van der Waals surface area contributed by atoms with E-state index < -0.39 is 11.7 Å². The maximum atomic E-state index is 13.8. The summed E-state index contributed by atoms with van der Waals surface area (Å²) in [6.45, 7) is 0.201. The van der Waals surface area contributed by atoms with Crippen molar-refractivity contribution in [3.05, 3.63) is 98.8 Å². The molecule has 1 nitrogen and oxygen atoms in total. The van der Waals surface area contributed by atoms with Gasteiger partial charge in [0.05, 0.1) is 10.0 Å². The van der Waals surface area contributed by atoms with Crippen molar-refractivity contribution >= 4 is 37.4 Å². The van der Waals surface area contributed by atoms with Gasteiger partial charge in [-0.15, -0.1) is 11.3 Å². The van der Waals surface area contributed by atoms with E-state index in [0.717, 1.165) is 26.6 Å². The van der Waals surface area contributed by atoms with E-state index in [9.17, 15) is 13.2 Å². The molecule has 1 aromatic heterocycles. The fourth-order valence-corrected chi connectivity index (χ4v) is 4.76. The molecule has 3 aromatic carbocycles. The average Bonchev–Trinajstić information content (AvgIpc) is 3.09. The Balaban J connectivity index is 1.65. The van der Waals surface area contributed by atoms with Gasteiger partial charge in [-0.1, -0.05) is 48.5 Å². The molecule has 0 spiro atoms. The molecule has 0 atom stereocenters. The molecule has 0 saturated heterocycles. The van der Waals surface area contributed by atoms with Crippen LogP contribution in [0.15, 0.2) is 77.3 Å². The van der Waals surface area contributed by atoms with Crippen molar-refractivity contribution in [3.63, 3.8) is 0 Å². The summed E-state index contributed by atoms with van der Waals surface area (Å²) in [5, 5.41) is 1.04. The zero-order valence-electron chi connectivity index (χ0n) is 15.2. The van der Waals surface area contributed by atoms with Gasteiger partial charge in [0, 0.05) is 16.0 Å². The minimum atomic E-state index is -4.46. The van der Waals surface area contributed by atoms with Crippen molar-refractivity contribution in [1.82, 2.24) is 0 Å². The van der Waals surface area contributed by atoms with Gasteiger partial charge in [-0.05, 0) is 56.7 Å². The highest BCUT2D eigenvalue weighted by Crippen LogP contribution is 2.40. The number of alkyl halides is 3. The fraction of sp³-hybridized carbons (Fsp3) is 0.130. The van der Waals surface area contributed by atoms with Crippen LogP contribution in [-0.4, -0.2) is 0 Å². The molecule has 4 aromatic rings. The summed E-state index contributed by atoms with van der Waals surface area (Å²) in [6.07, 6.45) is -4.25. The lowest BCUT2D eigenvalue weighted by Gasteiger charge is -2.16. The zero-order chi connectivity index (χ0) is 20.4. The quantitative estimate of drug-likeness (QED) is 0.284. The van der Waals surface area contributed by atoms with Crippen LogP contribution >= 0.6 is 27.3 Å². The van der Waals surface area contributed by atoms with Crippen molar-refractivity contribution in [2.75, 3.05) is 0 Å². The standard InChI is InChI=1S/C23H16BrF3OS/c24-20-12-17(11-18-10-16-8-4-5-9-22(16)29-18)19(23(25,26)27)13-21(20)28-14-15-6-2-1-3-7-15/h1-10,12-13H,11,14H2. The van der Waals surface area contributed by atoms with E-state index in [1.165, 1.54) is 17.4 Å². The van der Waals surface area contributed by atoms with E-state index in [0.29, 0.717) is 4.47 Å². The summed E-state index contributed by atoms with van der Waals surface area (Å²) in [4.78, 5) is 0.890. The van der Waals surface area contributed by atoms with Gasteiger partial charge in [-0.2, -0.15) is 13.2 Å². The summed E-state index contributed by atoms with van der Waals surface area (Å²) in [5.41, 5.74) is 0.450. The highest BCUT2D eigenvalue weighted by atomic mass is 79.9. The Labute approximate surface area is 178 Å². The number of fused-ring (bicyclic) bond motifs is 1. The highest BCUT2D eigenvalue weighted by molar-refractivity contribution is 9.10. The van der Waals surface area contributed by atoms with Gasteiger partial charge in [0.2, 0.25) is 0 Å². The Morgan fingerprint density at radius 2 is 1.62 bits per heavy atom. The van der Waals surface area contributed by atoms with Crippen LogP contribution in [0, 0.1) is 0 Å². The van der Waals surface area contributed by atoms with Crippen LogP contribution < -0.4 is 4.74 Å². The van der Waals surface area contributed by atoms with Gasteiger partial charge in [-0.3, -0.25) is 0 Å². The van der Waals surface area contributed by atoms with Crippen molar-refractivity contribution in [1.29, 1.82) is 0 Å². The molecule has 0 unspecified atom stereocenters. The Kier molecular flexibility index (Phi) is 5.65. The summed E-state index contributed by atoms with van der Waals surface area (Å²) >= 11 is 4.90. The SMILES string of the molecule is FC(F)(F)c1cc(OCc2ccccc2)c(Br)cc1Cc1cc2ccccc2s1. The smallest absolute Gasteiger partial charge is 0.416 e. The molecule has 0 saturated carbocycles. The van der Waals surface area contributed by atoms with Crippen LogP contribution in [0.25, 0.3) is 10.1 Å². The molecule has 0 bridgehead atoms. The summed E-state index contributed by atoms with van der Waals surface area (Å²) in [5.74, 6) is 0.182. The maximum absolute atomic E-state index is 13.8. The largest absolute Gasteiger partial charge is 0.488 e. The number of thiophene rings is 1. The molecule has 0 fully saturated rings. The topological polar surface area (TPSA) is 9.23 Å². The lowest BCUT2D eigenvalue weighted by Crippen LogP contribution is -2.10. The second kappa shape index (κ2) is 8.20. The van der Waals surface area contributed by atoms with Gasteiger partial charge < -0.3 is 4.74 Å². The van der Waals surface area contributed by atoms with E-state index in [4.69, 9.17) is 4.74 Å². The molecule has 6 heteroatoms. The van der Waals surface area contributed by atoms with Crippen molar-refractivity contribution in [2.24, 2.45) is 0 Å². The van der Waals surface area contributed by atoms with Crippen molar-refractivity contribution in [3.8, 4) is 5.75 Å². The first-order chi connectivity index (χ1) is 13.9. The van der Waals surface area contributed by atoms with Crippen LogP contribution in [0.2, 0.25) is 0 Å². The van der Waals surface area contributed by atoms with E-state index in [-0.39, 0.29) is 24.3 Å². The van der Waals surface area contributed by atoms with Crippen LogP contribution in [0.4, 0.5) is 13.2 Å². The van der Waals surface area contributed by atoms with Gasteiger partial charge in [0.1, 0.15) is 12.4 Å². The summed E-state index contributed by atoms with van der Waals surface area (Å²) in [6, 6.07) is 21.7. The number of rotatable bonds is 5. The molecule has 4 rings (SSSR count). The van der Waals surface area contributed by atoms with Crippen LogP contribution in [-0.2, 0) is 19.2 Å². The molecule has 0 radical (unpaired) electrons. The molecular formula is C23H16BrF3OS. The van der Waals surface area contributed by atoms with E-state index in [2.05, 4.69) is 15.9 Å². The molecule has 148 valence electrons. The minimum Gasteiger partial charge on any atom is -0.488 e. The highest BCUT2D eigenvalue weighted by Gasteiger charge is 2.34. The first kappa shape index (κ1) is 20.0. The number of hydrogen-bond donors (Lipinski definition) is 0. The minimum absolute atomic E-state index is 0.182. The Morgan fingerprint density at radius 1 is 0.897 bits per heavy atom. The number of hydrogen-bond acceptors (Lipinski definition) is 2. The predicted molar refractivity (Wildman–Crippen MR) is 115 cm³/mol. The van der Waals surface area contributed by atoms with E-state index in [1.54, 1.807) is 0 Å². The Hall–Kier alpha value is -2.31. The third-order valence-corrected chi connectivity index (χ3v) is 6.28. The normalized spacial score (nSPS) is 11.7. The molecule has 29 heavy (non-hydrogen) atoms. The third kappa shape index (κ3) is 4.65. The van der Waals surface area contributed by atoms with Crippen LogP contribution in [0.5, 0.6) is 5.75 Å². The second-order valence-corrected chi connectivity index (χ2v) is 8.66. The maximum Gasteiger partial charge on any atom is 0.416 e. The molecule has 0 aliphatic carbocycles. The third-order valence-electron chi connectivity index (χ3n) is 4.54. The van der Waals surface area contributed by atoms with E-state index >= 15 is 0 Å². The zero-order valence-corrected chi connectivity index (χ0v) is 17.6. The van der Waals surface area contributed by atoms with Crippen molar-refractivity contribution in [2.45, 2.75) is 19.2 Å². The number of halogens is 4. The molecule has 0 aliphatic heterocycles. The van der Waals surface area contributed by atoms with Crippen LogP contribution in [0.1, 0.15) is 21.6 Å². The monoisotopic (exact) mass is 476 g/mol. The first-order valence-corrected chi connectivity index (χ1v) is 10.5. The molecule has 1 heterocycles. The Bertz CT molecular complexity index is 1100. The second-order valence-electron chi connectivity index (χ2n) is 6.64. The first-order valence-electron chi connectivity index (χ1n) is 8.94. The van der Waals surface area contributed by atoms with Gasteiger partial charge >= 0.3 is 6.18 Å². The van der Waals surface area contributed by atoms with E-state index in [1.807, 2.05) is 60.7 Å². The van der Waals surface area contributed by atoms with Gasteiger partial charge in [-0.25, -0.2) is 0 Å². The van der Waals surface area contributed by atoms with Crippen molar-refractivity contribution < 1.29 is 17.9 Å². The lowest BCUT2D eigenvalue weighted by molar-refractivity contribution is -0.138. The molecule has 0 N–H and O–H groups in total. The Morgan fingerprint density at radius 3 is 2.34 bits per heavy atom. The van der Waals surface area contributed by atoms with Crippen LogP contribution in [0.3, 0.4) is 0 Å². The number of ether oxygens (including phenoxy) is 1. The lowest BCUT2D eigenvalue weighted by atomic mass is 10.0. The van der Waals surface area contributed by atoms with Gasteiger partial charge in [0.15, 0.2) is 0 Å². The number of benzene rings is 3.